The monoisotopic (exact) mass is 276 g/mol. The summed E-state index contributed by atoms with van der Waals surface area (Å²) in [5, 5.41) is 11.3. The molecule has 1 heterocycles. The van der Waals surface area contributed by atoms with Crippen LogP contribution in [0.2, 0.25) is 0 Å². The number of hydrogen-bond donors (Lipinski definition) is 3. The average Bonchev–Trinajstić information content (AvgIpc) is 2.73. The molecular formula is C10H16N2O5S. The molecule has 0 aromatic rings. The molecule has 1 saturated heterocycles. The van der Waals surface area contributed by atoms with E-state index in [1.165, 1.54) is 11.9 Å². The highest BCUT2D eigenvalue weighted by atomic mass is 32.1. The molecule has 1 aliphatic rings. The molecule has 0 bridgehead atoms. The first-order valence-corrected chi connectivity index (χ1v) is 6.14. The molecule has 1 aliphatic heterocycles. The topological polar surface area (TPSA) is 95.9 Å². The fraction of sp³-hybridized carbons (Fsp3) is 0.700. The number of thiol groups is 1. The molecule has 1 fully saturated rings. The van der Waals surface area contributed by atoms with Gasteiger partial charge in [0.15, 0.2) is 0 Å². The maximum Gasteiger partial charge on any atom is 0.407 e. The number of nitrogens with zero attached hydrogens (tertiary/aromatic N) is 1. The van der Waals surface area contributed by atoms with Crippen LogP contribution in [0.3, 0.4) is 0 Å². The Bertz CT molecular complexity index is 349. The van der Waals surface area contributed by atoms with E-state index >= 15 is 0 Å². The van der Waals surface area contributed by atoms with Crippen molar-refractivity contribution >= 4 is 30.6 Å². The molecule has 2 amide bonds. The Hall–Kier alpha value is -1.44. The highest BCUT2D eigenvalue weighted by Crippen LogP contribution is 2.21. The van der Waals surface area contributed by atoms with Crippen LogP contribution < -0.4 is 5.32 Å². The maximum absolute atomic E-state index is 11.7. The van der Waals surface area contributed by atoms with Gasteiger partial charge in [-0.3, -0.25) is 4.79 Å². The summed E-state index contributed by atoms with van der Waals surface area (Å²) in [6.07, 6.45) is -0.941. The summed E-state index contributed by atoms with van der Waals surface area (Å²) >= 11 is 3.94. The number of aliphatic carboxylic acids is 1. The molecular weight excluding hydrogens is 260 g/mol. The van der Waals surface area contributed by atoms with Gasteiger partial charge in [-0.1, -0.05) is 0 Å². The Kier molecular flexibility index (Phi) is 5.26. The van der Waals surface area contributed by atoms with Gasteiger partial charge in [0.2, 0.25) is 5.91 Å². The summed E-state index contributed by atoms with van der Waals surface area (Å²) in [5.41, 5.74) is 0. The Morgan fingerprint density at radius 3 is 2.67 bits per heavy atom. The molecule has 18 heavy (non-hydrogen) atoms. The molecule has 0 radical (unpaired) electrons. The van der Waals surface area contributed by atoms with Gasteiger partial charge in [0.1, 0.15) is 12.1 Å². The van der Waals surface area contributed by atoms with Crippen molar-refractivity contribution < 1.29 is 24.2 Å². The number of rotatable bonds is 4. The summed E-state index contributed by atoms with van der Waals surface area (Å²) in [5.74, 6) is -1.03. The van der Waals surface area contributed by atoms with Crippen LogP contribution in [-0.2, 0) is 14.3 Å². The quantitative estimate of drug-likeness (QED) is 0.614. The van der Waals surface area contributed by atoms with E-state index in [0.717, 1.165) is 0 Å². The Balaban J connectivity index is 2.68. The average molecular weight is 276 g/mol. The van der Waals surface area contributed by atoms with Gasteiger partial charge in [-0.05, 0) is 5.75 Å². The van der Waals surface area contributed by atoms with Crippen LogP contribution in [0, 0.1) is 0 Å². The number of amides is 2. The zero-order valence-corrected chi connectivity index (χ0v) is 10.9. The van der Waals surface area contributed by atoms with Crippen molar-refractivity contribution in [1.29, 1.82) is 0 Å². The lowest BCUT2D eigenvalue weighted by atomic mass is 10.2. The van der Waals surface area contributed by atoms with E-state index < -0.39 is 24.2 Å². The predicted molar refractivity (Wildman–Crippen MR) is 65.6 cm³/mol. The Labute approximate surface area is 110 Å². The number of hydrogen-bond acceptors (Lipinski definition) is 5. The van der Waals surface area contributed by atoms with Crippen molar-refractivity contribution in [3.05, 3.63) is 0 Å². The lowest BCUT2D eigenvalue weighted by Crippen LogP contribution is -2.40. The predicted octanol–water partition coefficient (Wildman–Crippen LogP) is -0.284. The van der Waals surface area contributed by atoms with Crippen LogP contribution >= 0.6 is 12.6 Å². The van der Waals surface area contributed by atoms with E-state index in [1.807, 2.05) is 0 Å². The van der Waals surface area contributed by atoms with Crippen molar-refractivity contribution in [1.82, 2.24) is 10.2 Å². The number of carbonyl (C=O) groups excluding carboxylic acids is 2. The van der Waals surface area contributed by atoms with Crippen LogP contribution in [-0.4, -0.2) is 59.5 Å². The van der Waals surface area contributed by atoms with E-state index in [9.17, 15) is 14.4 Å². The lowest BCUT2D eigenvalue weighted by molar-refractivity contribution is -0.148. The Morgan fingerprint density at radius 2 is 2.17 bits per heavy atom. The summed E-state index contributed by atoms with van der Waals surface area (Å²) < 4.78 is 4.97. The van der Waals surface area contributed by atoms with Crippen molar-refractivity contribution in [3.8, 4) is 0 Å². The molecule has 0 aromatic carbocycles. The zero-order valence-electron chi connectivity index (χ0n) is 9.96. The molecule has 2 N–H and O–H groups in total. The normalized spacial score (nSPS) is 22.7. The second-order valence-corrected chi connectivity index (χ2v) is 4.33. The molecule has 2 atom stereocenters. The molecule has 0 saturated carbocycles. The lowest BCUT2D eigenvalue weighted by Gasteiger charge is -2.20. The SMILES string of the molecule is CNC(=O)O[C@@H]1C[C@@H](C(=O)O)N(C(=O)CCS)C1. The molecule has 8 heteroatoms. The molecule has 0 aliphatic carbocycles. The van der Waals surface area contributed by atoms with Crippen LogP contribution in [0.5, 0.6) is 0 Å². The minimum Gasteiger partial charge on any atom is -0.480 e. The first kappa shape index (κ1) is 14.6. The zero-order chi connectivity index (χ0) is 13.7. The number of carboxylic acids is 1. The second kappa shape index (κ2) is 6.48. The van der Waals surface area contributed by atoms with Crippen molar-refractivity contribution in [2.24, 2.45) is 0 Å². The van der Waals surface area contributed by atoms with Crippen molar-refractivity contribution in [2.75, 3.05) is 19.3 Å². The van der Waals surface area contributed by atoms with Crippen LogP contribution in [0.15, 0.2) is 0 Å². The maximum atomic E-state index is 11.7. The highest BCUT2D eigenvalue weighted by Gasteiger charge is 2.40. The molecule has 0 unspecified atom stereocenters. The van der Waals surface area contributed by atoms with E-state index in [-0.39, 0.29) is 25.3 Å². The van der Waals surface area contributed by atoms with Crippen LogP contribution in [0.4, 0.5) is 4.79 Å². The largest absolute Gasteiger partial charge is 0.480 e. The number of carbonyl (C=O) groups is 3. The first-order valence-electron chi connectivity index (χ1n) is 5.51. The van der Waals surface area contributed by atoms with E-state index in [0.29, 0.717) is 5.75 Å². The van der Waals surface area contributed by atoms with E-state index in [2.05, 4.69) is 17.9 Å². The summed E-state index contributed by atoms with van der Waals surface area (Å²) in [6, 6.07) is -0.938. The number of nitrogens with one attached hydrogen (secondary N) is 1. The number of ether oxygens (including phenoxy) is 1. The van der Waals surface area contributed by atoms with Gasteiger partial charge in [0.05, 0.1) is 6.54 Å². The summed E-state index contributed by atoms with van der Waals surface area (Å²) in [7, 11) is 1.41. The second-order valence-electron chi connectivity index (χ2n) is 3.89. The standard InChI is InChI=1S/C10H16N2O5S/c1-11-10(16)17-6-4-7(9(14)15)12(5-6)8(13)2-3-18/h6-7,18H,2-5H2,1H3,(H,11,16)(H,14,15)/t6-,7+/m1/s1. The number of carboxylic acid groups (broad SMARTS) is 1. The third kappa shape index (κ3) is 3.52. The summed E-state index contributed by atoms with van der Waals surface area (Å²) in [6.45, 7) is 0.108. The first-order chi connectivity index (χ1) is 8.49. The van der Waals surface area contributed by atoms with Gasteiger partial charge in [-0.15, -0.1) is 0 Å². The number of likely N-dealkylation sites (tertiary alicyclic amines) is 1. The molecule has 0 aromatic heterocycles. The van der Waals surface area contributed by atoms with Crippen LogP contribution in [0.25, 0.3) is 0 Å². The van der Waals surface area contributed by atoms with Gasteiger partial charge in [-0.2, -0.15) is 12.6 Å². The van der Waals surface area contributed by atoms with Gasteiger partial charge < -0.3 is 20.1 Å². The highest BCUT2D eigenvalue weighted by molar-refractivity contribution is 7.80. The van der Waals surface area contributed by atoms with Gasteiger partial charge >= 0.3 is 12.1 Å². The van der Waals surface area contributed by atoms with Gasteiger partial charge in [-0.25, -0.2) is 9.59 Å². The fourth-order valence-electron chi connectivity index (χ4n) is 1.84. The van der Waals surface area contributed by atoms with Crippen molar-refractivity contribution in [2.45, 2.75) is 25.0 Å². The molecule has 7 nitrogen and oxygen atoms in total. The molecule has 0 spiro atoms. The molecule has 102 valence electrons. The van der Waals surface area contributed by atoms with E-state index in [1.54, 1.807) is 0 Å². The fourth-order valence-corrected chi connectivity index (χ4v) is 2.03. The minimum absolute atomic E-state index is 0.108. The van der Waals surface area contributed by atoms with Crippen molar-refractivity contribution in [3.63, 3.8) is 0 Å². The third-order valence-corrected chi connectivity index (χ3v) is 2.90. The van der Waals surface area contributed by atoms with Gasteiger partial charge in [0, 0.05) is 19.9 Å². The molecule has 1 rings (SSSR count). The number of alkyl carbamates (subject to hydrolysis) is 1. The summed E-state index contributed by atoms with van der Waals surface area (Å²) in [4.78, 5) is 35.0. The minimum atomic E-state index is -1.09. The smallest absolute Gasteiger partial charge is 0.407 e. The van der Waals surface area contributed by atoms with E-state index in [4.69, 9.17) is 9.84 Å². The van der Waals surface area contributed by atoms with Gasteiger partial charge in [0.25, 0.3) is 0 Å². The Morgan fingerprint density at radius 1 is 1.50 bits per heavy atom. The third-order valence-electron chi connectivity index (χ3n) is 2.67. The van der Waals surface area contributed by atoms with Crippen LogP contribution in [0.1, 0.15) is 12.8 Å².